The molecule has 1 amide bonds. The second-order valence-corrected chi connectivity index (χ2v) is 6.22. The van der Waals surface area contributed by atoms with Gasteiger partial charge >= 0.3 is 0 Å². The molecule has 0 aliphatic heterocycles. The molecule has 0 aromatic heterocycles. The molecule has 1 aliphatic rings. The molecule has 3 heteroatoms. The van der Waals surface area contributed by atoms with E-state index in [0.29, 0.717) is 6.04 Å². The van der Waals surface area contributed by atoms with Crippen LogP contribution in [0.25, 0.3) is 0 Å². The minimum absolute atomic E-state index is 0.182. The number of hydrogen-bond acceptors (Lipinski definition) is 2. The van der Waals surface area contributed by atoms with Gasteiger partial charge in [-0.05, 0) is 63.8 Å². The van der Waals surface area contributed by atoms with Gasteiger partial charge in [0, 0.05) is 24.4 Å². The summed E-state index contributed by atoms with van der Waals surface area (Å²) in [7, 11) is 0. The van der Waals surface area contributed by atoms with Gasteiger partial charge in [0.1, 0.15) is 0 Å². The molecule has 0 atom stereocenters. The average molecular weight is 300 g/mol. The van der Waals surface area contributed by atoms with Gasteiger partial charge in [0.25, 0.3) is 5.91 Å². The van der Waals surface area contributed by atoms with Gasteiger partial charge in [-0.3, -0.25) is 9.79 Å². The Hall–Kier alpha value is -1.64. The first-order valence-corrected chi connectivity index (χ1v) is 8.49. The van der Waals surface area contributed by atoms with Crippen molar-refractivity contribution in [3.63, 3.8) is 0 Å². The van der Waals surface area contributed by atoms with Gasteiger partial charge in [-0.15, -0.1) is 0 Å². The van der Waals surface area contributed by atoms with Crippen LogP contribution in [0.15, 0.2) is 17.1 Å². The number of benzene rings is 1. The molecule has 0 saturated heterocycles. The Bertz CT molecular complexity index is 557. The number of aliphatic imine (C=N–C) groups is 1. The lowest BCUT2D eigenvalue weighted by Gasteiger charge is -2.34. The fourth-order valence-electron chi connectivity index (χ4n) is 3.42. The summed E-state index contributed by atoms with van der Waals surface area (Å²) >= 11 is 0. The number of hydrogen-bond donors (Lipinski definition) is 0. The lowest BCUT2D eigenvalue weighted by atomic mass is 9.93. The van der Waals surface area contributed by atoms with Gasteiger partial charge in [0.05, 0.1) is 5.69 Å². The highest BCUT2D eigenvalue weighted by atomic mass is 16.2. The third-order valence-electron chi connectivity index (χ3n) is 4.66. The molecular formula is C19H28N2O. The summed E-state index contributed by atoms with van der Waals surface area (Å²) in [5, 5.41) is 0. The third-order valence-corrected chi connectivity index (χ3v) is 4.66. The Morgan fingerprint density at radius 2 is 1.91 bits per heavy atom. The smallest absolute Gasteiger partial charge is 0.254 e. The van der Waals surface area contributed by atoms with Crippen LogP contribution in [0.3, 0.4) is 0 Å². The third kappa shape index (κ3) is 3.57. The van der Waals surface area contributed by atoms with Crippen molar-refractivity contribution in [3.05, 3.63) is 28.8 Å². The maximum atomic E-state index is 13.0. The Morgan fingerprint density at radius 3 is 2.50 bits per heavy atom. The van der Waals surface area contributed by atoms with E-state index in [9.17, 15) is 4.79 Å². The number of amides is 1. The van der Waals surface area contributed by atoms with Crippen molar-refractivity contribution in [2.24, 2.45) is 4.99 Å². The van der Waals surface area contributed by atoms with Crippen molar-refractivity contribution < 1.29 is 4.79 Å². The highest BCUT2D eigenvalue weighted by Crippen LogP contribution is 2.27. The summed E-state index contributed by atoms with van der Waals surface area (Å²) in [5.74, 6) is 0.182. The minimum Gasteiger partial charge on any atom is -0.336 e. The van der Waals surface area contributed by atoms with E-state index < -0.39 is 0 Å². The van der Waals surface area contributed by atoms with Crippen molar-refractivity contribution >= 4 is 17.8 Å². The Labute approximate surface area is 134 Å². The summed E-state index contributed by atoms with van der Waals surface area (Å²) in [6, 6.07) is 4.45. The molecule has 0 unspecified atom stereocenters. The fraction of sp³-hybridized carbons (Fsp3) is 0.579. The largest absolute Gasteiger partial charge is 0.336 e. The van der Waals surface area contributed by atoms with Crippen molar-refractivity contribution in [3.8, 4) is 0 Å². The van der Waals surface area contributed by atoms with E-state index in [1.54, 1.807) is 6.21 Å². The monoisotopic (exact) mass is 300 g/mol. The van der Waals surface area contributed by atoms with Crippen LogP contribution >= 0.6 is 0 Å². The first-order valence-electron chi connectivity index (χ1n) is 8.49. The molecule has 0 heterocycles. The molecule has 3 nitrogen and oxygen atoms in total. The van der Waals surface area contributed by atoms with E-state index in [2.05, 4.69) is 16.8 Å². The van der Waals surface area contributed by atoms with Gasteiger partial charge in [0.2, 0.25) is 0 Å². The van der Waals surface area contributed by atoms with E-state index >= 15 is 0 Å². The molecule has 1 aromatic carbocycles. The van der Waals surface area contributed by atoms with Crippen LogP contribution in [0.1, 0.15) is 67.4 Å². The van der Waals surface area contributed by atoms with E-state index in [-0.39, 0.29) is 5.91 Å². The maximum absolute atomic E-state index is 13.0. The second kappa shape index (κ2) is 7.57. The van der Waals surface area contributed by atoms with Crippen LogP contribution in [0.4, 0.5) is 5.69 Å². The van der Waals surface area contributed by atoms with E-state index in [1.165, 1.54) is 19.3 Å². The van der Waals surface area contributed by atoms with Crippen LogP contribution in [0.5, 0.6) is 0 Å². The Morgan fingerprint density at radius 1 is 1.23 bits per heavy atom. The SMILES string of the molecule is CC=Nc1cc(C)c(C(=O)N(CC)C2CCCCC2)cc1C. The van der Waals surface area contributed by atoms with Crippen LogP contribution in [-0.4, -0.2) is 29.6 Å². The quantitative estimate of drug-likeness (QED) is 0.734. The predicted molar refractivity (Wildman–Crippen MR) is 93.3 cm³/mol. The van der Waals surface area contributed by atoms with E-state index in [4.69, 9.17) is 0 Å². The van der Waals surface area contributed by atoms with Gasteiger partial charge in [-0.2, -0.15) is 0 Å². The normalized spacial score (nSPS) is 16.2. The maximum Gasteiger partial charge on any atom is 0.254 e. The molecule has 0 radical (unpaired) electrons. The number of carbonyl (C=O) groups is 1. The molecular weight excluding hydrogens is 272 g/mol. The molecule has 2 rings (SSSR count). The average Bonchev–Trinajstić information content (AvgIpc) is 2.52. The molecule has 1 fully saturated rings. The summed E-state index contributed by atoms with van der Waals surface area (Å²) in [5.41, 5.74) is 3.87. The zero-order valence-electron chi connectivity index (χ0n) is 14.4. The predicted octanol–water partition coefficient (Wildman–Crippen LogP) is 4.82. The zero-order chi connectivity index (χ0) is 16.1. The lowest BCUT2D eigenvalue weighted by Crippen LogP contribution is -2.41. The van der Waals surface area contributed by atoms with Gasteiger partial charge < -0.3 is 4.90 Å². The number of rotatable bonds is 4. The summed E-state index contributed by atoms with van der Waals surface area (Å²) in [6.07, 6.45) is 7.90. The van der Waals surface area contributed by atoms with Gasteiger partial charge in [-0.1, -0.05) is 19.3 Å². The molecule has 0 bridgehead atoms. The summed E-state index contributed by atoms with van der Waals surface area (Å²) in [4.78, 5) is 19.5. The minimum atomic E-state index is 0.182. The van der Waals surface area contributed by atoms with Crippen LogP contribution < -0.4 is 0 Å². The second-order valence-electron chi connectivity index (χ2n) is 6.22. The Kier molecular flexibility index (Phi) is 5.76. The molecule has 1 aromatic rings. The van der Waals surface area contributed by atoms with Crippen molar-refractivity contribution in [2.75, 3.05) is 6.54 Å². The molecule has 1 aliphatic carbocycles. The standard InChI is InChI=1S/C19H28N2O/c1-5-20-18-13-14(3)17(12-15(18)4)19(22)21(6-2)16-10-8-7-9-11-16/h5,12-13,16H,6-11H2,1-4H3. The molecule has 0 spiro atoms. The molecule has 1 saturated carbocycles. The summed E-state index contributed by atoms with van der Waals surface area (Å²) in [6.45, 7) is 8.82. The molecule has 22 heavy (non-hydrogen) atoms. The summed E-state index contributed by atoms with van der Waals surface area (Å²) < 4.78 is 0. The van der Waals surface area contributed by atoms with Crippen molar-refractivity contribution in [2.45, 2.75) is 65.8 Å². The highest BCUT2D eigenvalue weighted by molar-refractivity contribution is 5.96. The lowest BCUT2D eigenvalue weighted by molar-refractivity contribution is 0.0647. The van der Waals surface area contributed by atoms with E-state index in [1.807, 2.05) is 32.9 Å². The molecule has 120 valence electrons. The first-order chi connectivity index (χ1) is 10.6. The fourth-order valence-corrected chi connectivity index (χ4v) is 3.42. The van der Waals surface area contributed by atoms with Crippen molar-refractivity contribution in [1.82, 2.24) is 4.90 Å². The number of carbonyl (C=O) groups excluding carboxylic acids is 1. The van der Waals surface area contributed by atoms with Gasteiger partial charge in [-0.25, -0.2) is 0 Å². The first kappa shape index (κ1) is 16.7. The van der Waals surface area contributed by atoms with Crippen LogP contribution in [-0.2, 0) is 0 Å². The zero-order valence-corrected chi connectivity index (χ0v) is 14.4. The highest BCUT2D eigenvalue weighted by Gasteiger charge is 2.26. The number of aryl methyl sites for hydroxylation is 2. The number of nitrogens with zero attached hydrogens (tertiary/aromatic N) is 2. The van der Waals surface area contributed by atoms with Crippen LogP contribution in [0, 0.1) is 13.8 Å². The topological polar surface area (TPSA) is 32.7 Å². The Balaban J connectivity index is 2.28. The van der Waals surface area contributed by atoms with Crippen LogP contribution in [0.2, 0.25) is 0 Å². The molecule has 0 N–H and O–H groups in total. The van der Waals surface area contributed by atoms with Crippen molar-refractivity contribution in [1.29, 1.82) is 0 Å². The van der Waals surface area contributed by atoms with Gasteiger partial charge in [0.15, 0.2) is 0 Å². The van der Waals surface area contributed by atoms with E-state index in [0.717, 1.165) is 41.8 Å².